The van der Waals surface area contributed by atoms with Gasteiger partial charge in [-0.15, -0.1) is 0 Å². The fraction of sp³-hybridized carbons (Fsp3) is 0.600. The number of hydrogen-bond donors (Lipinski definition) is 1. The summed E-state index contributed by atoms with van der Waals surface area (Å²) < 4.78 is 5.48. The van der Waals surface area contributed by atoms with Crippen molar-refractivity contribution in [1.29, 1.82) is 0 Å². The number of aliphatic hydroxyl groups excluding tert-OH is 1. The lowest BCUT2D eigenvalue weighted by Crippen LogP contribution is -2.45. The van der Waals surface area contributed by atoms with Crippen LogP contribution in [0.1, 0.15) is 24.8 Å². The summed E-state index contributed by atoms with van der Waals surface area (Å²) in [6.45, 7) is 1.28. The predicted molar refractivity (Wildman–Crippen MR) is 73.0 cm³/mol. The summed E-state index contributed by atoms with van der Waals surface area (Å²) in [4.78, 5) is 18.4. The fourth-order valence-electron chi connectivity index (χ4n) is 3.07. The maximum atomic E-state index is 12.5. The zero-order valence-electron chi connectivity index (χ0n) is 11.4. The minimum Gasteiger partial charge on any atom is -0.391 e. The van der Waals surface area contributed by atoms with E-state index in [1.165, 1.54) is 0 Å². The highest BCUT2D eigenvalue weighted by atomic mass is 16.5. The van der Waals surface area contributed by atoms with Crippen molar-refractivity contribution >= 4 is 5.91 Å². The first kappa shape index (κ1) is 13.5. The minimum absolute atomic E-state index is 0.0351. The third-order valence-electron chi connectivity index (χ3n) is 4.17. The second-order valence-electron chi connectivity index (χ2n) is 5.52. The van der Waals surface area contributed by atoms with Gasteiger partial charge in [0.15, 0.2) is 0 Å². The van der Waals surface area contributed by atoms with Crippen molar-refractivity contribution in [2.75, 3.05) is 13.2 Å². The van der Waals surface area contributed by atoms with Gasteiger partial charge in [0.25, 0.3) is 5.91 Å². The number of aromatic nitrogens is 1. The molecule has 0 saturated carbocycles. The summed E-state index contributed by atoms with van der Waals surface area (Å²) in [7, 11) is 0. The number of likely N-dealkylation sites (tertiary alicyclic amines) is 1. The Morgan fingerprint density at radius 3 is 3.10 bits per heavy atom. The van der Waals surface area contributed by atoms with E-state index in [2.05, 4.69) is 4.98 Å². The van der Waals surface area contributed by atoms with E-state index in [0.717, 1.165) is 18.4 Å². The van der Waals surface area contributed by atoms with Crippen LogP contribution in [0.4, 0.5) is 0 Å². The number of ether oxygens (including phenoxy) is 1. The monoisotopic (exact) mass is 276 g/mol. The van der Waals surface area contributed by atoms with Crippen LogP contribution in [0, 0.1) is 0 Å². The van der Waals surface area contributed by atoms with Gasteiger partial charge in [-0.1, -0.05) is 6.07 Å². The molecular formula is C15H20N2O3. The van der Waals surface area contributed by atoms with Crippen LogP contribution in [0.15, 0.2) is 24.5 Å². The summed E-state index contributed by atoms with van der Waals surface area (Å²) in [6, 6.07) is 3.70. The molecule has 0 unspecified atom stereocenters. The van der Waals surface area contributed by atoms with Crippen LogP contribution >= 0.6 is 0 Å². The van der Waals surface area contributed by atoms with Crippen molar-refractivity contribution in [2.24, 2.45) is 0 Å². The molecule has 2 aliphatic heterocycles. The van der Waals surface area contributed by atoms with Crippen LogP contribution in [0.3, 0.4) is 0 Å². The second-order valence-corrected chi connectivity index (χ2v) is 5.52. The summed E-state index contributed by atoms with van der Waals surface area (Å²) in [5.41, 5.74) is 1.04. The molecule has 2 saturated heterocycles. The summed E-state index contributed by atoms with van der Waals surface area (Å²) in [5, 5.41) is 10.2. The van der Waals surface area contributed by atoms with Gasteiger partial charge >= 0.3 is 0 Å². The first-order valence-electron chi connectivity index (χ1n) is 7.25. The van der Waals surface area contributed by atoms with E-state index >= 15 is 0 Å². The Kier molecular flexibility index (Phi) is 3.98. The second kappa shape index (κ2) is 5.89. The van der Waals surface area contributed by atoms with Crippen LogP contribution in [0.25, 0.3) is 0 Å². The van der Waals surface area contributed by atoms with Gasteiger partial charge in [0.05, 0.1) is 12.1 Å². The van der Waals surface area contributed by atoms with Crippen LogP contribution in [0.5, 0.6) is 0 Å². The highest BCUT2D eigenvalue weighted by molar-refractivity contribution is 5.81. The Bertz CT molecular complexity index is 459. The normalized spacial score (nSPS) is 29.9. The molecule has 3 heterocycles. The highest BCUT2D eigenvalue weighted by Gasteiger charge is 2.39. The molecule has 0 aliphatic carbocycles. The van der Waals surface area contributed by atoms with E-state index < -0.39 is 6.10 Å². The first-order valence-corrected chi connectivity index (χ1v) is 7.25. The summed E-state index contributed by atoms with van der Waals surface area (Å²) in [5.74, 6) is 0.0351. The topological polar surface area (TPSA) is 62.7 Å². The number of pyridine rings is 1. The molecule has 1 N–H and O–H groups in total. The average molecular weight is 276 g/mol. The lowest BCUT2D eigenvalue weighted by atomic mass is 10.0. The number of aliphatic hydroxyl groups is 1. The van der Waals surface area contributed by atoms with Gasteiger partial charge in [-0.25, -0.2) is 0 Å². The molecule has 108 valence electrons. The van der Waals surface area contributed by atoms with E-state index in [1.54, 1.807) is 17.3 Å². The van der Waals surface area contributed by atoms with E-state index in [1.807, 2.05) is 12.1 Å². The third-order valence-corrected chi connectivity index (χ3v) is 4.17. The Balaban J connectivity index is 1.71. The Labute approximate surface area is 118 Å². The number of nitrogens with zero attached hydrogens (tertiary/aromatic N) is 2. The van der Waals surface area contributed by atoms with Gasteiger partial charge in [0.2, 0.25) is 0 Å². The van der Waals surface area contributed by atoms with Crippen LogP contribution in [-0.2, 0) is 16.0 Å². The Hall–Kier alpha value is -1.46. The van der Waals surface area contributed by atoms with Gasteiger partial charge < -0.3 is 14.7 Å². The molecule has 0 spiro atoms. The molecule has 0 bridgehead atoms. The van der Waals surface area contributed by atoms with Crippen LogP contribution < -0.4 is 0 Å². The van der Waals surface area contributed by atoms with E-state index in [0.29, 0.717) is 26.0 Å². The number of carbonyl (C=O) groups excluding carboxylic acids is 1. The SMILES string of the molecule is O=C([C@H]1CCCO1)N1CC[C@@H](O)[C@@H]1Cc1cccnc1. The molecule has 2 aliphatic rings. The summed E-state index contributed by atoms with van der Waals surface area (Å²) >= 11 is 0. The lowest BCUT2D eigenvalue weighted by Gasteiger charge is -2.28. The molecule has 5 nitrogen and oxygen atoms in total. The van der Waals surface area contributed by atoms with Gasteiger partial charge in [-0.3, -0.25) is 9.78 Å². The number of hydrogen-bond acceptors (Lipinski definition) is 4. The molecule has 3 rings (SSSR count). The molecule has 1 aromatic rings. The molecule has 1 amide bonds. The third kappa shape index (κ3) is 2.69. The molecule has 3 atom stereocenters. The van der Waals surface area contributed by atoms with Gasteiger partial charge in [0.1, 0.15) is 6.10 Å². The predicted octanol–water partition coefficient (Wildman–Crippen LogP) is 0.765. The molecule has 2 fully saturated rings. The van der Waals surface area contributed by atoms with E-state index in [9.17, 15) is 9.90 Å². The standard InChI is InChI=1S/C15H20N2O3/c18-13-5-7-17(15(19)14-4-2-8-20-14)12(13)9-11-3-1-6-16-10-11/h1,3,6,10,12-14,18H,2,4-5,7-9H2/t12-,13+,14+/m0/s1. The van der Waals surface area contributed by atoms with Crippen molar-refractivity contribution in [3.05, 3.63) is 30.1 Å². The zero-order valence-corrected chi connectivity index (χ0v) is 11.4. The van der Waals surface area contributed by atoms with Crippen molar-refractivity contribution in [2.45, 2.75) is 43.9 Å². The molecular weight excluding hydrogens is 256 g/mol. The van der Waals surface area contributed by atoms with E-state index in [-0.39, 0.29) is 18.1 Å². The molecule has 20 heavy (non-hydrogen) atoms. The number of carbonyl (C=O) groups is 1. The number of rotatable bonds is 3. The minimum atomic E-state index is -0.458. The number of amides is 1. The van der Waals surface area contributed by atoms with Crippen LogP contribution in [-0.4, -0.2) is 52.3 Å². The summed E-state index contributed by atoms with van der Waals surface area (Å²) in [6.07, 6.45) is 5.78. The van der Waals surface area contributed by atoms with Gasteiger partial charge in [-0.05, 0) is 37.3 Å². The largest absolute Gasteiger partial charge is 0.391 e. The first-order chi connectivity index (χ1) is 9.75. The Morgan fingerprint density at radius 1 is 1.50 bits per heavy atom. The highest BCUT2D eigenvalue weighted by Crippen LogP contribution is 2.25. The maximum absolute atomic E-state index is 12.5. The quantitative estimate of drug-likeness (QED) is 0.885. The Morgan fingerprint density at radius 2 is 2.40 bits per heavy atom. The molecule has 0 aromatic carbocycles. The lowest BCUT2D eigenvalue weighted by molar-refractivity contribution is -0.142. The van der Waals surface area contributed by atoms with Gasteiger partial charge in [0, 0.05) is 25.5 Å². The fourth-order valence-corrected chi connectivity index (χ4v) is 3.07. The van der Waals surface area contributed by atoms with Gasteiger partial charge in [-0.2, -0.15) is 0 Å². The molecule has 0 radical (unpaired) electrons. The van der Waals surface area contributed by atoms with Crippen molar-refractivity contribution in [1.82, 2.24) is 9.88 Å². The maximum Gasteiger partial charge on any atom is 0.252 e. The molecule has 1 aromatic heterocycles. The zero-order chi connectivity index (χ0) is 13.9. The smallest absolute Gasteiger partial charge is 0.252 e. The average Bonchev–Trinajstić information content (AvgIpc) is 3.11. The van der Waals surface area contributed by atoms with Crippen molar-refractivity contribution < 1.29 is 14.6 Å². The van der Waals surface area contributed by atoms with E-state index in [4.69, 9.17) is 4.74 Å². The molecule has 5 heteroatoms. The van der Waals surface area contributed by atoms with Crippen molar-refractivity contribution in [3.63, 3.8) is 0 Å². The van der Waals surface area contributed by atoms with Crippen LogP contribution in [0.2, 0.25) is 0 Å². The van der Waals surface area contributed by atoms with Crippen molar-refractivity contribution in [3.8, 4) is 0 Å².